The quantitative estimate of drug-likeness (QED) is 0.755. The van der Waals surface area contributed by atoms with Gasteiger partial charge in [0.25, 0.3) is 0 Å². The van der Waals surface area contributed by atoms with Gasteiger partial charge in [-0.1, -0.05) is 12.1 Å². The highest BCUT2D eigenvalue weighted by Crippen LogP contribution is 2.32. The van der Waals surface area contributed by atoms with Crippen LogP contribution in [-0.2, 0) is 6.54 Å². The van der Waals surface area contributed by atoms with E-state index in [0.29, 0.717) is 19.9 Å². The van der Waals surface area contributed by atoms with Crippen molar-refractivity contribution in [3.05, 3.63) is 52.6 Å². The van der Waals surface area contributed by atoms with E-state index in [0.717, 1.165) is 55.5 Å². The molecule has 6 nitrogen and oxygen atoms in total. The molecule has 0 unspecified atom stereocenters. The number of aliphatic hydroxyl groups is 1. The fourth-order valence-electron chi connectivity index (χ4n) is 4.11. The van der Waals surface area contributed by atoms with Gasteiger partial charge in [-0.15, -0.1) is 0 Å². The van der Waals surface area contributed by atoms with Crippen molar-refractivity contribution in [1.82, 2.24) is 9.80 Å². The van der Waals surface area contributed by atoms with Gasteiger partial charge in [0.05, 0.1) is 0 Å². The lowest BCUT2D eigenvalue weighted by Gasteiger charge is -2.35. The molecule has 162 valence electrons. The lowest BCUT2D eigenvalue weighted by molar-refractivity contribution is 0.0444. The summed E-state index contributed by atoms with van der Waals surface area (Å²) in [7, 11) is 0. The van der Waals surface area contributed by atoms with Crippen LogP contribution >= 0.6 is 0 Å². The first-order valence-electron chi connectivity index (χ1n) is 10.7. The van der Waals surface area contributed by atoms with Crippen molar-refractivity contribution < 1.29 is 19.3 Å². The molecular formula is C24H32N2O4. The molecule has 6 heteroatoms. The SMILES string of the molecule is Cc1cc(C)c(C)c(OC[C@H](O)CN2CCN(Cc3ccc4c(c3)OCO4)CC2)c1. The average Bonchev–Trinajstić information content (AvgIpc) is 3.19. The molecule has 2 aromatic rings. The van der Waals surface area contributed by atoms with Gasteiger partial charge >= 0.3 is 0 Å². The Balaban J connectivity index is 1.21. The number of aliphatic hydroxyl groups excluding tert-OH is 1. The van der Waals surface area contributed by atoms with Crippen molar-refractivity contribution in [3.63, 3.8) is 0 Å². The molecule has 0 bridgehead atoms. The summed E-state index contributed by atoms with van der Waals surface area (Å²) >= 11 is 0. The molecule has 30 heavy (non-hydrogen) atoms. The fourth-order valence-corrected chi connectivity index (χ4v) is 4.11. The number of nitrogens with zero attached hydrogens (tertiary/aromatic N) is 2. The third-order valence-corrected chi connectivity index (χ3v) is 5.97. The van der Waals surface area contributed by atoms with E-state index in [-0.39, 0.29) is 0 Å². The summed E-state index contributed by atoms with van der Waals surface area (Å²) in [6.45, 7) is 12.3. The summed E-state index contributed by atoms with van der Waals surface area (Å²) in [5, 5.41) is 10.5. The minimum Gasteiger partial charge on any atom is -0.491 e. The van der Waals surface area contributed by atoms with Crippen molar-refractivity contribution in [2.24, 2.45) is 0 Å². The third-order valence-electron chi connectivity index (χ3n) is 5.97. The third kappa shape index (κ3) is 5.06. The van der Waals surface area contributed by atoms with Gasteiger partial charge in [-0.3, -0.25) is 9.80 Å². The Kier molecular flexibility index (Phi) is 6.46. The number of β-amino-alcohol motifs (C(OH)–C–C–N with tert-alkyl or cyclic N) is 1. The maximum Gasteiger partial charge on any atom is 0.231 e. The van der Waals surface area contributed by atoms with Gasteiger partial charge in [-0.2, -0.15) is 0 Å². The second-order valence-electron chi connectivity index (χ2n) is 8.43. The molecule has 0 aromatic heterocycles. The summed E-state index contributed by atoms with van der Waals surface area (Å²) < 4.78 is 16.8. The Hall–Kier alpha value is -2.28. The normalized spacial score (nSPS) is 17.9. The summed E-state index contributed by atoms with van der Waals surface area (Å²) in [5.41, 5.74) is 4.79. The first kappa shape index (κ1) is 21.0. The molecule has 2 heterocycles. The van der Waals surface area contributed by atoms with E-state index in [1.54, 1.807) is 0 Å². The standard InChI is InChI=1S/C24H32N2O4/c1-17-10-18(2)19(3)23(11-17)28-15-21(27)14-26-8-6-25(7-9-26)13-20-4-5-22-24(12-20)30-16-29-22/h4-5,10-12,21,27H,6-9,13-16H2,1-3H3/t21-/m1/s1. The molecule has 0 radical (unpaired) electrons. The molecule has 2 aliphatic rings. The first-order valence-corrected chi connectivity index (χ1v) is 10.7. The Morgan fingerprint density at radius 3 is 2.50 bits per heavy atom. The van der Waals surface area contributed by atoms with Crippen LogP contribution in [0.3, 0.4) is 0 Å². The topological polar surface area (TPSA) is 54.4 Å². The molecule has 1 N–H and O–H groups in total. The van der Waals surface area contributed by atoms with Gasteiger partial charge in [0.15, 0.2) is 11.5 Å². The highest BCUT2D eigenvalue weighted by molar-refractivity contribution is 5.44. The minimum atomic E-state index is -0.495. The largest absolute Gasteiger partial charge is 0.491 e. The van der Waals surface area contributed by atoms with Gasteiger partial charge in [0.1, 0.15) is 18.5 Å². The van der Waals surface area contributed by atoms with Crippen LogP contribution in [0.2, 0.25) is 0 Å². The molecular weight excluding hydrogens is 380 g/mol. The van der Waals surface area contributed by atoms with Gasteiger partial charge in [0.2, 0.25) is 6.79 Å². The number of benzene rings is 2. The Morgan fingerprint density at radius 2 is 1.70 bits per heavy atom. The molecule has 2 aromatic carbocycles. The Bertz CT molecular complexity index is 878. The molecule has 2 aliphatic heterocycles. The van der Waals surface area contributed by atoms with Crippen LogP contribution in [0, 0.1) is 20.8 Å². The van der Waals surface area contributed by atoms with E-state index in [2.05, 4.69) is 48.8 Å². The van der Waals surface area contributed by atoms with E-state index in [4.69, 9.17) is 14.2 Å². The second-order valence-corrected chi connectivity index (χ2v) is 8.43. The first-order chi connectivity index (χ1) is 14.5. The molecule has 0 aliphatic carbocycles. The summed E-state index contributed by atoms with van der Waals surface area (Å²) in [6.07, 6.45) is -0.495. The van der Waals surface area contributed by atoms with E-state index in [1.807, 2.05) is 12.1 Å². The van der Waals surface area contributed by atoms with E-state index in [9.17, 15) is 5.11 Å². The molecule has 4 rings (SSSR count). The smallest absolute Gasteiger partial charge is 0.231 e. The second kappa shape index (κ2) is 9.25. The average molecular weight is 413 g/mol. The predicted molar refractivity (Wildman–Crippen MR) is 116 cm³/mol. The minimum absolute atomic E-state index is 0.312. The predicted octanol–water partition coefficient (Wildman–Crippen LogP) is 2.90. The highest BCUT2D eigenvalue weighted by atomic mass is 16.7. The maximum absolute atomic E-state index is 10.5. The van der Waals surface area contributed by atoms with Crippen molar-refractivity contribution in [1.29, 1.82) is 0 Å². The van der Waals surface area contributed by atoms with Gasteiger partial charge in [-0.25, -0.2) is 0 Å². The van der Waals surface area contributed by atoms with E-state index >= 15 is 0 Å². The molecule has 1 saturated heterocycles. The summed E-state index contributed by atoms with van der Waals surface area (Å²) in [6, 6.07) is 10.4. The molecule has 0 spiro atoms. The number of hydrogen-bond acceptors (Lipinski definition) is 6. The molecule has 0 amide bonds. The van der Waals surface area contributed by atoms with Crippen LogP contribution in [0.5, 0.6) is 17.2 Å². The van der Waals surface area contributed by atoms with Crippen LogP contribution in [-0.4, -0.2) is 67.1 Å². The van der Waals surface area contributed by atoms with E-state index < -0.39 is 6.10 Å². The zero-order valence-corrected chi connectivity index (χ0v) is 18.2. The number of fused-ring (bicyclic) bond motifs is 1. The van der Waals surface area contributed by atoms with E-state index in [1.165, 1.54) is 16.7 Å². The maximum atomic E-state index is 10.5. The van der Waals surface area contributed by atoms with Crippen LogP contribution in [0.1, 0.15) is 22.3 Å². The Morgan fingerprint density at radius 1 is 0.967 bits per heavy atom. The van der Waals surface area contributed by atoms with Crippen LogP contribution in [0.4, 0.5) is 0 Å². The lowest BCUT2D eigenvalue weighted by atomic mass is 10.1. The number of rotatable bonds is 7. The van der Waals surface area contributed by atoms with Gasteiger partial charge in [-0.05, 0) is 61.2 Å². The Labute approximate surface area is 179 Å². The number of piperazine rings is 1. The number of aryl methyl sites for hydroxylation is 2. The van der Waals surface area contributed by atoms with Crippen LogP contribution < -0.4 is 14.2 Å². The van der Waals surface area contributed by atoms with Crippen molar-refractivity contribution in [3.8, 4) is 17.2 Å². The molecule has 1 atom stereocenters. The lowest BCUT2D eigenvalue weighted by Crippen LogP contribution is -2.48. The van der Waals surface area contributed by atoms with Gasteiger partial charge < -0.3 is 19.3 Å². The number of hydrogen-bond donors (Lipinski definition) is 1. The van der Waals surface area contributed by atoms with Crippen LogP contribution in [0.25, 0.3) is 0 Å². The zero-order chi connectivity index (χ0) is 21.1. The molecule has 1 fully saturated rings. The highest BCUT2D eigenvalue weighted by Gasteiger charge is 2.21. The zero-order valence-electron chi connectivity index (χ0n) is 18.2. The van der Waals surface area contributed by atoms with Crippen molar-refractivity contribution >= 4 is 0 Å². The number of ether oxygens (including phenoxy) is 3. The molecule has 0 saturated carbocycles. The van der Waals surface area contributed by atoms with Crippen molar-refractivity contribution in [2.45, 2.75) is 33.4 Å². The summed E-state index contributed by atoms with van der Waals surface area (Å²) in [4.78, 5) is 4.76. The summed E-state index contributed by atoms with van der Waals surface area (Å²) in [5.74, 6) is 2.55. The van der Waals surface area contributed by atoms with Gasteiger partial charge in [0, 0.05) is 39.3 Å². The van der Waals surface area contributed by atoms with Crippen molar-refractivity contribution in [2.75, 3.05) is 46.1 Å². The monoisotopic (exact) mass is 412 g/mol. The van der Waals surface area contributed by atoms with Crippen LogP contribution in [0.15, 0.2) is 30.3 Å². The fraction of sp³-hybridized carbons (Fsp3) is 0.500.